The first-order chi connectivity index (χ1) is 13.0. The van der Waals surface area contributed by atoms with Crippen LogP contribution in [0.25, 0.3) is 5.57 Å². The molecule has 2 aliphatic rings. The van der Waals surface area contributed by atoms with E-state index < -0.39 is 0 Å². The molecule has 1 saturated heterocycles. The Labute approximate surface area is 162 Å². The quantitative estimate of drug-likeness (QED) is 0.761. The van der Waals surface area contributed by atoms with E-state index in [0.29, 0.717) is 13.0 Å². The summed E-state index contributed by atoms with van der Waals surface area (Å²) in [6, 6.07) is 4.23. The average Bonchev–Trinajstić information content (AvgIpc) is 3.04. The van der Waals surface area contributed by atoms with Gasteiger partial charge in [-0.25, -0.2) is 0 Å². The maximum absolute atomic E-state index is 12.2. The molecule has 1 aliphatic carbocycles. The number of nitrogens with zero attached hydrogens (tertiary/aromatic N) is 1. The molecule has 144 valence electrons. The van der Waals surface area contributed by atoms with Gasteiger partial charge in [0.15, 0.2) is 0 Å². The van der Waals surface area contributed by atoms with E-state index >= 15 is 0 Å². The fourth-order valence-corrected chi connectivity index (χ4v) is 3.91. The molecule has 1 unspecified atom stereocenters. The van der Waals surface area contributed by atoms with Crippen molar-refractivity contribution in [3.8, 4) is 5.75 Å². The Morgan fingerprint density at radius 2 is 2.00 bits per heavy atom. The zero-order valence-corrected chi connectivity index (χ0v) is 16.7. The first kappa shape index (κ1) is 19.3. The van der Waals surface area contributed by atoms with Crippen molar-refractivity contribution < 1.29 is 14.3 Å². The predicted octanol–water partition coefficient (Wildman–Crippen LogP) is 4.64. The van der Waals surface area contributed by atoms with Crippen LogP contribution >= 0.6 is 0 Å². The third-order valence-electron chi connectivity index (χ3n) is 5.38. The molecule has 3 rings (SSSR count). The van der Waals surface area contributed by atoms with Crippen LogP contribution in [0.1, 0.15) is 42.9 Å². The molecule has 1 aliphatic heterocycles. The first-order valence-corrected chi connectivity index (χ1v) is 9.62. The van der Waals surface area contributed by atoms with Crippen LogP contribution < -0.4 is 4.74 Å². The van der Waals surface area contributed by atoms with Crippen molar-refractivity contribution in [1.29, 1.82) is 0 Å². The molecule has 1 amide bonds. The maximum atomic E-state index is 12.2. The van der Waals surface area contributed by atoms with Crippen LogP contribution in [0.15, 0.2) is 42.2 Å². The lowest BCUT2D eigenvalue weighted by Gasteiger charge is -2.24. The van der Waals surface area contributed by atoms with Crippen LogP contribution in [0.4, 0.5) is 0 Å². The molecule has 0 N–H and O–H groups in total. The van der Waals surface area contributed by atoms with E-state index in [0.717, 1.165) is 53.2 Å². The standard InChI is InChI=1S/C23H29NO3/c1-16-9-6-5-7-10-19(23(16)27-4)20-13-17(2)21(26-3)14-18(20)15-24-12-8-11-22(24)25/h5-7,10,13-14,16H,8-9,11-12,15H2,1-4H3. The predicted molar refractivity (Wildman–Crippen MR) is 108 cm³/mol. The van der Waals surface area contributed by atoms with Crippen molar-refractivity contribution in [3.63, 3.8) is 0 Å². The maximum Gasteiger partial charge on any atom is 0.222 e. The fourth-order valence-electron chi connectivity index (χ4n) is 3.91. The highest BCUT2D eigenvalue weighted by atomic mass is 16.5. The highest BCUT2D eigenvalue weighted by Crippen LogP contribution is 2.35. The minimum absolute atomic E-state index is 0.228. The minimum atomic E-state index is 0.228. The zero-order chi connectivity index (χ0) is 19.4. The second-order valence-electron chi connectivity index (χ2n) is 7.30. The molecule has 4 nitrogen and oxygen atoms in total. The van der Waals surface area contributed by atoms with Gasteiger partial charge in [0.05, 0.1) is 14.2 Å². The van der Waals surface area contributed by atoms with Crippen molar-refractivity contribution in [2.45, 2.75) is 39.7 Å². The topological polar surface area (TPSA) is 38.8 Å². The van der Waals surface area contributed by atoms with Crippen molar-refractivity contribution in [1.82, 2.24) is 4.90 Å². The van der Waals surface area contributed by atoms with Crippen LogP contribution in [0.3, 0.4) is 0 Å². The van der Waals surface area contributed by atoms with Gasteiger partial charge in [-0.2, -0.15) is 0 Å². The number of benzene rings is 1. The number of carbonyl (C=O) groups excluding carboxylic acids is 1. The van der Waals surface area contributed by atoms with Crippen LogP contribution in [0.5, 0.6) is 5.75 Å². The lowest BCUT2D eigenvalue weighted by Crippen LogP contribution is -2.24. The molecular weight excluding hydrogens is 338 g/mol. The smallest absolute Gasteiger partial charge is 0.222 e. The summed E-state index contributed by atoms with van der Waals surface area (Å²) in [6.07, 6.45) is 10.9. The number of likely N-dealkylation sites (tertiary alicyclic amines) is 1. The Morgan fingerprint density at radius 3 is 2.67 bits per heavy atom. The van der Waals surface area contributed by atoms with E-state index in [-0.39, 0.29) is 11.8 Å². The number of aryl methyl sites for hydroxylation is 1. The highest BCUT2D eigenvalue weighted by Gasteiger charge is 2.24. The summed E-state index contributed by atoms with van der Waals surface area (Å²) in [5.74, 6) is 2.35. The first-order valence-electron chi connectivity index (χ1n) is 9.62. The van der Waals surface area contributed by atoms with Gasteiger partial charge in [-0.3, -0.25) is 4.79 Å². The van der Waals surface area contributed by atoms with Gasteiger partial charge in [0.1, 0.15) is 11.5 Å². The Bertz CT molecular complexity index is 804. The van der Waals surface area contributed by atoms with Crippen LogP contribution in [-0.4, -0.2) is 31.6 Å². The summed E-state index contributed by atoms with van der Waals surface area (Å²) in [5.41, 5.74) is 4.37. The molecule has 1 aromatic rings. The van der Waals surface area contributed by atoms with Crippen molar-refractivity contribution >= 4 is 11.5 Å². The summed E-state index contributed by atoms with van der Waals surface area (Å²) in [4.78, 5) is 14.1. The number of ether oxygens (including phenoxy) is 2. The number of carbonyl (C=O) groups is 1. The van der Waals surface area contributed by atoms with Crippen LogP contribution in [0.2, 0.25) is 0 Å². The Kier molecular flexibility index (Phi) is 6.04. The van der Waals surface area contributed by atoms with E-state index in [2.05, 4.69) is 50.3 Å². The molecule has 0 aromatic heterocycles. The van der Waals surface area contributed by atoms with Crippen LogP contribution in [0, 0.1) is 12.8 Å². The number of rotatable bonds is 5. The van der Waals surface area contributed by atoms with E-state index in [1.807, 2.05) is 4.90 Å². The van der Waals surface area contributed by atoms with Gasteiger partial charge in [0.2, 0.25) is 5.91 Å². The lowest BCUT2D eigenvalue weighted by molar-refractivity contribution is -0.128. The number of methoxy groups -OCH3 is 2. The van der Waals surface area contributed by atoms with E-state index in [4.69, 9.17) is 9.47 Å². The van der Waals surface area contributed by atoms with Gasteiger partial charge < -0.3 is 14.4 Å². The molecular formula is C23H29NO3. The fraction of sp³-hybridized carbons (Fsp3) is 0.435. The highest BCUT2D eigenvalue weighted by molar-refractivity contribution is 5.81. The van der Waals surface area contributed by atoms with Gasteiger partial charge in [-0.15, -0.1) is 0 Å². The second kappa shape index (κ2) is 8.47. The van der Waals surface area contributed by atoms with E-state index in [1.54, 1.807) is 14.2 Å². The molecule has 1 atom stereocenters. The monoisotopic (exact) mass is 367 g/mol. The SMILES string of the molecule is COC1=C(c2cc(C)c(OC)cc2CN2CCCC2=O)C=CC=CCC1C. The van der Waals surface area contributed by atoms with Gasteiger partial charge in [0, 0.05) is 31.0 Å². The molecule has 27 heavy (non-hydrogen) atoms. The largest absolute Gasteiger partial charge is 0.500 e. The zero-order valence-electron chi connectivity index (χ0n) is 16.7. The third kappa shape index (κ3) is 4.10. The number of allylic oxidation sites excluding steroid dienone is 6. The molecule has 0 radical (unpaired) electrons. The molecule has 1 heterocycles. The van der Waals surface area contributed by atoms with Crippen LogP contribution in [-0.2, 0) is 16.1 Å². The molecule has 1 fully saturated rings. The normalized spacial score (nSPS) is 20.1. The second-order valence-corrected chi connectivity index (χ2v) is 7.30. The average molecular weight is 367 g/mol. The molecule has 4 heteroatoms. The summed E-state index contributed by atoms with van der Waals surface area (Å²) in [5, 5.41) is 0. The molecule has 1 aromatic carbocycles. The van der Waals surface area contributed by atoms with Gasteiger partial charge in [-0.05, 0) is 48.6 Å². The Hall–Kier alpha value is -2.49. The van der Waals surface area contributed by atoms with Crippen molar-refractivity contribution in [3.05, 3.63) is 58.9 Å². The van der Waals surface area contributed by atoms with E-state index in [1.165, 1.54) is 0 Å². The number of hydrogen-bond acceptors (Lipinski definition) is 3. The molecule has 0 saturated carbocycles. The lowest BCUT2D eigenvalue weighted by atomic mass is 9.90. The number of amides is 1. The third-order valence-corrected chi connectivity index (χ3v) is 5.38. The Balaban J connectivity index is 2.14. The van der Waals surface area contributed by atoms with E-state index in [9.17, 15) is 4.79 Å². The molecule has 0 spiro atoms. The Morgan fingerprint density at radius 1 is 1.19 bits per heavy atom. The number of hydrogen-bond donors (Lipinski definition) is 0. The van der Waals surface area contributed by atoms with Gasteiger partial charge >= 0.3 is 0 Å². The summed E-state index contributed by atoms with van der Waals surface area (Å²) in [6.45, 7) is 5.65. The van der Waals surface area contributed by atoms with Crippen molar-refractivity contribution in [2.75, 3.05) is 20.8 Å². The summed E-state index contributed by atoms with van der Waals surface area (Å²) < 4.78 is 11.4. The van der Waals surface area contributed by atoms with Crippen molar-refractivity contribution in [2.24, 2.45) is 5.92 Å². The molecule has 0 bridgehead atoms. The van der Waals surface area contributed by atoms with Gasteiger partial charge in [-0.1, -0.05) is 31.2 Å². The minimum Gasteiger partial charge on any atom is -0.500 e. The van der Waals surface area contributed by atoms with Gasteiger partial charge in [0.25, 0.3) is 0 Å². The summed E-state index contributed by atoms with van der Waals surface area (Å²) in [7, 11) is 3.43. The summed E-state index contributed by atoms with van der Waals surface area (Å²) >= 11 is 0.